The van der Waals surface area contributed by atoms with E-state index in [2.05, 4.69) is 17.4 Å². The number of carboxylic acids is 1. The molecule has 1 aromatic rings. The van der Waals surface area contributed by atoms with Crippen molar-refractivity contribution in [3.8, 4) is 0 Å². The van der Waals surface area contributed by atoms with Gasteiger partial charge in [0.2, 0.25) is 5.91 Å². The summed E-state index contributed by atoms with van der Waals surface area (Å²) in [6.07, 6.45) is 7.00. The highest BCUT2D eigenvalue weighted by atomic mass is 16.4. The topological polar surface area (TPSA) is 82.5 Å². The average Bonchev–Trinajstić information content (AvgIpc) is 2.58. The van der Waals surface area contributed by atoms with Gasteiger partial charge in [-0.15, -0.1) is 0 Å². The Bertz CT molecular complexity index is 734. The van der Waals surface area contributed by atoms with Crippen LogP contribution < -0.4 is 5.32 Å². The van der Waals surface area contributed by atoms with Crippen LogP contribution in [0.15, 0.2) is 12.1 Å². The number of pyridine rings is 1. The van der Waals surface area contributed by atoms with E-state index in [0.717, 1.165) is 50.6 Å². The van der Waals surface area contributed by atoms with E-state index in [9.17, 15) is 9.59 Å². The summed E-state index contributed by atoms with van der Waals surface area (Å²) in [7, 11) is 0. The second-order valence-corrected chi connectivity index (χ2v) is 8.85. The molecule has 4 rings (SSSR count). The molecule has 3 heterocycles. The number of likely N-dealkylation sites (tertiary alicyclic amines) is 1. The van der Waals surface area contributed by atoms with E-state index in [-0.39, 0.29) is 12.3 Å². The zero-order chi connectivity index (χ0) is 19.0. The number of aliphatic carboxylic acids is 1. The summed E-state index contributed by atoms with van der Waals surface area (Å²) in [5.41, 5.74) is 2.83. The van der Waals surface area contributed by atoms with Crippen molar-refractivity contribution in [1.29, 1.82) is 0 Å². The van der Waals surface area contributed by atoms with Crippen LogP contribution in [0.25, 0.3) is 0 Å². The fourth-order valence-electron chi connectivity index (χ4n) is 4.91. The van der Waals surface area contributed by atoms with Crippen molar-refractivity contribution in [3.05, 3.63) is 23.4 Å². The van der Waals surface area contributed by atoms with Crippen molar-refractivity contribution in [3.63, 3.8) is 0 Å². The van der Waals surface area contributed by atoms with Crippen LogP contribution in [0.1, 0.15) is 50.3 Å². The lowest BCUT2D eigenvalue weighted by Crippen LogP contribution is -2.63. The van der Waals surface area contributed by atoms with Crippen LogP contribution in [0.4, 0.5) is 5.82 Å². The molecule has 1 aliphatic carbocycles. The van der Waals surface area contributed by atoms with Gasteiger partial charge in [0.1, 0.15) is 5.82 Å². The Kier molecular flexibility index (Phi) is 4.82. The molecular formula is C21H29N3O3. The van der Waals surface area contributed by atoms with Gasteiger partial charge in [-0.1, -0.05) is 13.0 Å². The summed E-state index contributed by atoms with van der Waals surface area (Å²) in [6.45, 7) is 4.25. The smallest absolute Gasteiger partial charge is 0.306 e. The first-order chi connectivity index (χ1) is 12.9. The van der Waals surface area contributed by atoms with Crippen LogP contribution >= 0.6 is 0 Å². The molecule has 0 aromatic carbocycles. The monoisotopic (exact) mass is 371 g/mol. The largest absolute Gasteiger partial charge is 0.481 e. The maximum absolute atomic E-state index is 12.1. The van der Waals surface area contributed by atoms with Crippen LogP contribution in [-0.2, 0) is 22.4 Å². The lowest BCUT2D eigenvalue weighted by Gasteiger charge is -2.59. The Morgan fingerprint density at radius 3 is 2.89 bits per heavy atom. The first-order valence-electron chi connectivity index (χ1n) is 10.2. The molecule has 0 bridgehead atoms. The van der Waals surface area contributed by atoms with E-state index in [0.29, 0.717) is 5.41 Å². The van der Waals surface area contributed by atoms with E-state index in [1.54, 1.807) is 6.92 Å². The molecule has 2 fully saturated rings. The van der Waals surface area contributed by atoms with Gasteiger partial charge in [0.25, 0.3) is 0 Å². The molecule has 1 atom stereocenters. The van der Waals surface area contributed by atoms with E-state index in [1.165, 1.54) is 30.5 Å². The average molecular weight is 371 g/mol. The maximum Gasteiger partial charge on any atom is 0.306 e. The molecule has 1 aromatic heterocycles. The molecule has 0 unspecified atom stereocenters. The van der Waals surface area contributed by atoms with E-state index < -0.39 is 11.9 Å². The number of carbonyl (C=O) groups excluding carboxylic acids is 1. The van der Waals surface area contributed by atoms with Gasteiger partial charge in [0.15, 0.2) is 0 Å². The molecule has 1 saturated carbocycles. The Labute approximate surface area is 160 Å². The van der Waals surface area contributed by atoms with Gasteiger partial charge in [0.05, 0.1) is 5.92 Å². The molecule has 27 heavy (non-hydrogen) atoms. The van der Waals surface area contributed by atoms with Gasteiger partial charge in [0, 0.05) is 37.2 Å². The Morgan fingerprint density at radius 2 is 2.15 bits per heavy atom. The summed E-state index contributed by atoms with van der Waals surface area (Å²) in [5, 5.41) is 12.3. The fourth-order valence-corrected chi connectivity index (χ4v) is 4.91. The molecule has 1 amide bonds. The van der Waals surface area contributed by atoms with Crippen LogP contribution in [0, 0.1) is 17.3 Å². The number of hydrogen-bond donors (Lipinski definition) is 2. The zero-order valence-corrected chi connectivity index (χ0v) is 16.0. The summed E-state index contributed by atoms with van der Waals surface area (Å²) in [5.74, 6) is 0.304. The third-order valence-electron chi connectivity index (χ3n) is 6.51. The number of aromatic nitrogens is 1. The first-order valence-corrected chi connectivity index (χ1v) is 10.2. The number of nitrogens with one attached hydrogen (secondary N) is 1. The quantitative estimate of drug-likeness (QED) is 0.803. The standard InChI is InChI=1S/C21H29N3O3/c1-14(20(26)27)9-18(25)24-12-21(13-24)10-15(11-21)4-6-17-7-5-16-3-2-8-22-19(16)23-17/h5,7,14-15H,2-4,6,8-13H2,1H3,(H,22,23)(H,26,27)/t14-/m0/s1. The zero-order valence-electron chi connectivity index (χ0n) is 16.0. The van der Waals surface area contributed by atoms with Crippen molar-refractivity contribution in [2.75, 3.05) is 25.0 Å². The molecule has 2 aliphatic heterocycles. The normalized spacial score (nSPS) is 21.6. The third-order valence-corrected chi connectivity index (χ3v) is 6.51. The minimum absolute atomic E-state index is 0.00951. The molecule has 1 saturated heterocycles. The van der Waals surface area contributed by atoms with Gasteiger partial charge < -0.3 is 15.3 Å². The molecule has 1 spiro atoms. The van der Waals surface area contributed by atoms with Gasteiger partial charge >= 0.3 is 5.97 Å². The first kappa shape index (κ1) is 18.3. The second kappa shape index (κ2) is 7.13. The van der Waals surface area contributed by atoms with Gasteiger partial charge in [-0.05, 0) is 56.1 Å². The minimum Gasteiger partial charge on any atom is -0.481 e. The fraction of sp³-hybridized carbons (Fsp3) is 0.667. The van der Waals surface area contributed by atoms with Crippen LogP contribution in [0.3, 0.4) is 0 Å². The predicted molar refractivity (Wildman–Crippen MR) is 103 cm³/mol. The number of rotatable bonds is 6. The highest BCUT2D eigenvalue weighted by molar-refractivity contribution is 5.82. The molecule has 6 nitrogen and oxygen atoms in total. The minimum atomic E-state index is -0.895. The molecule has 146 valence electrons. The Morgan fingerprint density at radius 1 is 1.37 bits per heavy atom. The van der Waals surface area contributed by atoms with Gasteiger partial charge in [-0.2, -0.15) is 0 Å². The highest BCUT2D eigenvalue weighted by Crippen LogP contribution is 2.53. The van der Waals surface area contributed by atoms with Gasteiger partial charge in [-0.3, -0.25) is 9.59 Å². The third kappa shape index (κ3) is 3.80. The van der Waals surface area contributed by atoms with Crippen LogP contribution in [-0.4, -0.2) is 46.5 Å². The number of aryl methyl sites for hydroxylation is 2. The lowest BCUT2D eigenvalue weighted by molar-refractivity contribution is -0.159. The number of carboxylic acid groups (broad SMARTS) is 1. The number of nitrogens with zero attached hydrogens (tertiary/aromatic N) is 2. The lowest BCUT2D eigenvalue weighted by atomic mass is 9.56. The van der Waals surface area contributed by atoms with E-state index >= 15 is 0 Å². The summed E-state index contributed by atoms with van der Waals surface area (Å²) in [6, 6.07) is 4.40. The molecule has 6 heteroatoms. The van der Waals surface area contributed by atoms with Crippen molar-refractivity contribution in [2.45, 2.75) is 51.9 Å². The van der Waals surface area contributed by atoms with Gasteiger partial charge in [-0.25, -0.2) is 4.98 Å². The number of hydrogen-bond acceptors (Lipinski definition) is 4. The Balaban J connectivity index is 1.19. The number of amides is 1. The van der Waals surface area contributed by atoms with Crippen molar-refractivity contribution < 1.29 is 14.7 Å². The molecule has 0 radical (unpaired) electrons. The maximum atomic E-state index is 12.1. The van der Waals surface area contributed by atoms with Crippen molar-refractivity contribution in [1.82, 2.24) is 9.88 Å². The van der Waals surface area contributed by atoms with E-state index in [1.807, 2.05) is 4.90 Å². The molecule has 3 aliphatic rings. The molecule has 2 N–H and O–H groups in total. The van der Waals surface area contributed by atoms with Crippen LogP contribution in [0.2, 0.25) is 0 Å². The summed E-state index contributed by atoms with van der Waals surface area (Å²) < 4.78 is 0. The number of carbonyl (C=O) groups is 2. The Hall–Kier alpha value is -2.11. The van der Waals surface area contributed by atoms with Crippen molar-refractivity contribution in [2.24, 2.45) is 17.3 Å². The number of fused-ring (bicyclic) bond motifs is 1. The summed E-state index contributed by atoms with van der Waals surface area (Å²) in [4.78, 5) is 29.6. The van der Waals surface area contributed by atoms with Crippen molar-refractivity contribution >= 4 is 17.7 Å². The SMILES string of the molecule is C[C@@H](CC(=O)N1CC2(CC(CCc3ccc4c(n3)NCCC4)C2)C1)C(=O)O. The predicted octanol–water partition coefficient (Wildman–Crippen LogP) is 2.72. The number of anilines is 1. The van der Waals surface area contributed by atoms with E-state index in [4.69, 9.17) is 10.1 Å². The molecular weight excluding hydrogens is 342 g/mol. The highest BCUT2D eigenvalue weighted by Gasteiger charge is 2.53. The summed E-state index contributed by atoms with van der Waals surface area (Å²) >= 11 is 0. The van der Waals surface area contributed by atoms with Crippen LogP contribution in [0.5, 0.6) is 0 Å². The second-order valence-electron chi connectivity index (χ2n) is 8.85.